The summed E-state index contributed by atoms with van der Waals surface area (Å²) < 4.78 is 7.95. The van der Waals surface area contributed by atoms with Crippen LogP contribution in [0.25, 0.3) is 33.3 Å². The summed E-state index contributed by atoms with van der Waals surface area (Å²) in [5, 5.41) is 11.2. The third kappa shape index (κ3) is 1.91. The smallest absolute Gasteiger partial charge is 0.228 e. The van der Waals surface area contributed by atoms with Crippen LogP contribution in [0.4, 0.5) is 0 Å². The minimum Gasteiger partial charge on any atom is -0.438 e. The molecule has 0 radical (unpaired) electrons. The first-order valence-corrected chi connectivity index (χ1v) is 7.36. The van der Waals surface area contributed by atoms with Gasteiger partial charge in [-0.25, -0.2) is 9.55 Å². The van der Waals surface area contributed by atoms with Crippen molar-refractivity contribution in [1.82, 2.24) is 4.98 Å². The molecule has 23 heavy (non-hydrogen) atoms. The average Bonchev–Trinajstić information content (AvgIpc) is 2.94. The van der Waals surface area contributed by atoms with Gasteiger partial charge in [0.05, 0.1) is 16.5 Å². The first kappa shape index (κ1) is 13.5. The molecule has 0 spiro atoms. The highest BCUT2D eigenvalue weighted by molar-refractivity contribution is 6.13. The second kappa shape index (κ2) is 4.92. The van der Waals surface area contributed by atoms with Gasteiger partial charge in [0.25, 0.3) is 0 Å². The number of aryl methyl sites for hydroxylation is 2. The largest absolute Gasteiger partial charge is 0.438 e. The van der Waals surface area contributed by atoms with Gasteiger partial charge in [-0.1, -0.05) is 6.07 Å². The highest BCUT2D eigenvalue weighted by Crippen LogP contribution is 2.38. The summed E-state index contributed by atoms with van der Waals surface area (Å²) in [7, 11) is 2.01. The molecule has 4 aromatic rings. The van der Waals surface area contributed by atoms with Crippen LogP contribution in [0, 0.1) is 18.3 Å². The van der Waals surface area contributed by atoms with Crippen LogP contribution in [0.5, 0.6) is 0 Å². The highest BCUT2D eigenvalue weighted by atomic mass is 16.3. The van der Waals surface area contributed by atoms with Gasteiger partial charge in [-0.2, -0.15) is 5.26 Å². The molecule has 0 amide bonds. The van der Waals surface area contributed by atoms with Gasteiger partial charge >= 0.3 is 0 Å². The maximum absolute atomic E-state index is 9.47. The van der Waals surface area contributed by atoms with Gasteiger partial charge in [-0.15, -0.1) is 0 Å². The number of hydrogen-bond donors (Lipinski definition) is 0. The number of furan rings is 1. The number of hydrogen-bond acceptors (Lipinski definition) is 3. The Morgan fingerprint density at radius 3 is 2.78 bits per heavy atom. The number of fused-ring (bicyclic) bond motifs is 3. The number of aromatic nitrogens is 2. The zero-order valence-corrected chi connectivity index (χ0v) is 12.9. The van der Waals surface area contributed by atoms with E-state index >= 15 is 0 Å². The predicted molar refractivity (Wildman–Crippen MR) is 87.6 cm³/mol. The van der Waals surface area contributed by atoms with Gasteiger partial charge in [0.2, 0.25) is 11.4 Å². The van der Waals surface area contributed by atoms with E-state index in [2.05, 4.69) is 28.6 Å². The molecule has 0 aliphatic heterocycles. The molecule has 0 aliphatic carbocycles. The lowest BCUT2D eigenvalue weighted by molar-refractivity contribution is -0.660. The fourth-order valence-corrected chi connectivity index (χ4v) is 3.09. The van der Waals surface area contributed by atoms with Gasteiger partial charge < -0.3 is 4.42 Å². The number of pyridine rings is 2. The van der Waals surface area contributed by atoms with Crippen molar-refractivity contribution >= 4 is 22.1 Å². The Labute approximate surface area is 133 Å². The summed E-state index contributed by atoms with van der Waals surface area (Å²) in [4.78, 5) is 4.29. The Balaban J connectivity index is 2.26. The fraction of sp³-hybridized carbons (Fsp3) is 0.105. The number of rotatable bonds is 1. The Morgan fingerprint density at radius 2 is 2.00 bits per heavy atom. The fourth-order valence-electron chi connectivity index (χ4n) is 3.09. The monoisotopic (exact) mass is 300 g/mol. The zero-order chi connectivity index (χ0) is 16.0. The molecule has 0 saturated heterocycles. The normalized spacial score (nSPS) is 11.0. The molecule has 110 valence electrons. The molecule has 0 unspecified atom stereocenters. The second-order valence-corrected chi connectivity index (χ2v) is 5.58. The van der Waals surface area contributed by atoms with Gasteiger partial charge in [0, 0.05) is 23.7 Å². The SMILES string of the molecule is Cc1ccc2oc3nccc(C#N)c3c2c1-c1cccc[n+]1C. The summed E-state index contributed by atoms with van der Waals surface area (Å²) in [5.41, 5.74) is 5.12. The number of benzene rings is 1. The molecule has 4 rings (SSSR count). The Bertz CT molecular complexity index is 1100. The maximum Gasteiger partial charge on any atom is 0.228 e. The third-order valence-electron chi connectivity index (χ3n) is 4.18. The van der Waals surface area contributed by atoms with Crippen molar-refractivity contribution < 1.29 is 8.98 Å². The molecular formula is C19H14N3O+. The summed E-state index contributed by atoms with van der Waals surface area (Å²) >= 11 is 0. The molecule has 0 aliphatic rings. The molecular weight excluding hydrogens is 286 g/mol. The van der Waals surface area contributed by atoms with E-state index in [-0.39, 0.29) is 0 Å². The van der Waals surface area contributed by atoms with Gasteiger partial charge in [0.15, 0.2) is 6.20 Å². The van der Waals surface area contributed by atoms with Crippen molar-refractivity contribution in [3.8, 4) is 17.3 Å². The Morgan fingerprint density at radius 1 is 1.13 bits per heavy atom. The summed E-state index contributed by atoms with van der Waals surface area (Å²) in [5.74, 6) is 0. The van der Waals surface area contributed by atoms with Gasteiger partial charge in [-0.05, 0) is 30.7 Å². The van der Waals surface area contributed by atoms with Crippen molar-refractivity contribution in [2.75, 3.05) is 0 Å². The average molecular weight is 300 g/mol. The van der Waals surface area contributed by atoms with Crippen molar-refractivity contribution in [2.45, 2.75) is 6.92 Å². The number of nitriles is 1. The molecule has 0 fully saturated rings. The van der Waals surface area contributed by atoms with E-state index in [9.17, 15) is 5.26 Å². The van der Waals surface area contributed by atoms with Crippen LogP contribution in [0.3, 0.4) is 0 Å². The first-order chi connectivity index (χ1) is 11.2. The van der Waals surface area contributed by atoms with Gasteiger partial charge in [0.1, 0.15) is 18.7 Å². The van der Waals surface area contributed by atoms with E-state index in [4.69, 9.17) is 4.42 Å². The molecule has 0 N–H and O–H groups in total. The molecule has 0 bridgehead atoms. The Kier molecular flexibility index (Phi) is 2.88. The van der Waals surface area contributed by atoms with Crippen molar-refractivity contribution in [2.24, 2.45) is 7.05 Å². The van der Waals surface area contributed by atoms with E-state index in [0.29, 0.717) is 11.3 Å². The number of nitrogens with zero attached hydrogens (tertiary/aromatic N) is 3. The van der Waals surface area contributed by atoms with E-state index in [0.717, 1.165) is 33.2 Å². The van der Waals surface area contributed by atoms with Crippen molar-refractivity contribution in [3.05, 3.63) is 59.9 Å². The molecule has 4 nitrogen and oxygen atoms in total. The van der Waals surface area contributed by atoms with E-state index < -0.39 is 0 Å². The van der Waals surface area contributed by atoms with Crippen LogP contribution in [-0.2, 0) is 7.05 Å². The van der Waals surface area contributed by atoms with Crippen LogP contribution in [0.15, 0.2) is 53.2 Å². The first-order valence-electron chi connectivity index (χ1n) is 7.36. The van der Waals surface area contributed by atoms with E-state index in [1.807, 2.05) is 37.5 Å². The molecule has 3 heterocycles. The van der Waals surface area contributed by atoms with Crippen LogP contribution in [0.2, 0.25) is 0 Å². The Hall–Kier alpha value is -3.19. The third-order valence-corrected chi connectivity index (χ3v) is 4.18. The minimum absolute atomic E-state index is 0.504. The zero-order valence-electron chi connectivity index (χ0n) is 12.9. The van der Waals surface area contributed by atoms with Crippen molar-refractivity contribution in [1.29, 1.82) is 5.26 Å². The lowest BCUT2D eigenvalue weighted by Gasteiger charge is -2.06. The maximum atomic E-state index is 9.47. The second-order valence-electron chi connectivity index (χ2n) is 5.58. The van der Waals surface area contributed by atoms with E-state index in [1.165, 1.54) is 0 Å². The lowest BCUT2D eigenvalue weighted by atomic mass is 9.97. The molecule has 0 atom stereocenters. The van der Waals surface area contributed by atoms with Crippen LogP contribution < -0.4 is 4.57 Å². The predicted octanol–water partition coefficient (Wildman–Crippen LogP) is 3.65. The van der Waals surface area contributed by atoms with Crippen LogP contribution in [-0.4, -0.2) is 4.98 Å². The quantitative estimate of drug-likeness (QED) is 0.504. The minimum atomic E-state index is 0.504. The summed E-state index contributed by atoms with van der Waals surface area (Å²) in [6.45, 7) is 2.07. The van der Waals surface area contributed by atoms with Crippen molar-refractivity contribution in [3.63, 3.8) is 0 Å². The molecule has 1 aromatic carbocycles. The van der Waals surface area contributed by atoms with Gasteiger partial charge in [-0.3, -0.25) is 0 Å². The molecule has 3 aromatic heterocycles. The highest BCUT2D eigenvalue weighted by Gasteiger charge is 2.22. The standard InChI is InChI=1S/C19H14N3O/c1-12-6-7-15-18(16(12)14-5-3-4-10-22(14)2)17-13(11-20)8-9-21-19(17)23-15/h3-10H,1-2H3/q+1. The lowest BCUT2D eigenvalue weighted by Crippen LogP contribution is -2.30. The molecule has 0 saturated carbocycles. The van der Waals surface area contributed by atoms with Crippen LogP contribution >= 0.6 is 0 Å². The van der Waals surface area contributed by atoms with E-state index in [1.54, 1.807) is 12.3 Å². The molecule has 4 heteroatoms. The summed E-state index contributed by atoms with van der Waals surface area (Å²) in [6, 6.07) is 14.1. The summed E-state index contributed by atoms with van der Waals surface area (Å²) in [6.07, 6.45) is 3.62. The van der Waals surface area contributed by atoms with Crippen LogP contribution in [0.1, 0.15) is 11.1 Å². The topological polar surface area (TPSA) is 53.7 Å².